The summed E-state index contributed by atoms with van der Waals surface area (Å²) in [5, 5.41) is 10.8. The Hall–Kier alpha value is -2.49. The van der Waals surface area contributed by atoms with Gasteiger partial charge >= 0.3 is 0 Å². The van der Waals surface area contributed by atoms with E-state index in [1.54, 1.807) is 12.1 Å². The molecular weight excluding hydrogens is 394 g/mol. The zero-order valence-corrected chi connectivity index (χ0v) is 15.7. The molecule has 27 heavy (non-hydrogen) atoms. The lowest BCUT2D eigenvalue weighted by Crippen LogP contribution is -2.50. The number of nitro benzene ring substituents is 1. The van der Waals surface area contributed by atoms with Gasteiger partial charge in [-0.05, 0) is 24.3 Å². The molecule has 1 heterocycles. The number of rotatable bonds is 4. The highest BCUT2D eigenvalue weighted by molar-refractivity contribution is 7.89. The molecule has 1 saturated heterocycles. The highest BCUT2D eigenvalue weighted by Crippen LogP contribution is 2.25. The van der Waals surface area contributed by atoms with Gasteiger partial charge in [0.1, 0.15) is 4.90 Å². The first-order valence-corrected chi connectivity index (χ1v) is 9.91. The average molecular weight is 410 g/mol. The number of carbonyl (C=O) groups excluding carboxylic acids is 1. The summed E-state index contributed by atoms with van der Waals surface area (Å²) >= 11 is 6.00. The van der Waals surface area contributed by atoms with E-state index in [0.717, 1.165) is 0 Å². The number of nitro groups is 1. The molecule has 0 saturated carbocycles. The zero-order valence-electron chi connectivity index (χ0n) is 14.1. The van der Waals surface area contributed by atoms with Crippen LogP contribution in [-0.4, -0.2) is 54.6 Å². The maximum atomic E-state index is 12.7. The van der Waals surface area contributed by atoms with Crippen LogP contribution in [0, 0.1) is 10.1 Å². The van der Waals surface area contributed by atoms with Gasteiger partial charge < -0.3 is 4.90 Å². The maximum absolute atomic E-state index is 12.7. The van der Waals surface area contributed by atoms with E-state index in [1.807, 2.05) is 0 Å². The summed E-state index contributed by atoms with van der Waals surface area (Å²) in [6, 6.07) is 11.6. The molecule has 1 amide bonds. The van der Waals surface area contributed by atoms with Crippen LogP contribution in [0.15, 0.2) is 53.4 Å². The fraction of sp³-hybridized carbons (Fsp3) is 0.235. The largest absolute Gasteiger partial charge is 0.336 e. The SMILES string of the molecule is O=C(c1ccc([N+](=O)[O-])cc1)N1CCN(S(=O)(=O)c2ccccc2Cl)CC1. The van der Waals surface area contributed by atoms with E-state index in [9.17, 15) is 23.3 Å². The Bertz CT molecular complexity index is 970. The molecule has 8 nitrogen and oxygen atoms in total. The van der Waals surface area contributed by atoms with Crippen molar-refractivity contribution in [2.24, 2.45) is 0 Å². The van der Waals surface area contributed by atoms with Crippen molar-refractivity contribution in [3.05, 3.63) is 69.2 Å². The van der Waals surface area contributed by atoms with Crippen molar-refractivity contribution >= 4 is 33.2 Å². The van der Waals surface area contributed by atoms with E-state index in [4.69, 9.17) is 11.6 Å². The number of carbonyl (C=O) groups is 1. The number of amides is 1. The summed E-state index contributed by atoms with van der Waals surface area (Å²) < 4.78 is 26.8. The van der Waals surface area contributed by atoms with Gasteiger partial charge in [-0.2, -0.15) is 4.31 Å². The van der Waals surface area contributed by atoms with Crippen molar-refractivity contribution in [3.63, 3.8) is 0 Å². The topological polar surface area (TPSA) is 101 Å². The number of hydrogen-bond donors (Lipinski definition) is 0. The Balaban J connectivity index is 1.69. The minimum absolute atomic E-state index is 0.0433. The number of piperazine rings is 1. The number of hydrogen-bond acceptors (Lipinski definition) is 5. The Kier molecular flexibility index (Phi) is 5.45. The average Bonchev–Trinajstić information content (AvgIpc) is 2.68. The lowest BCUT2D eigenvalue weighted by molar-refractivity contribution is -0.384. The van der Waals surface area contributed by atoms with Gasteiger partial charge in [-0.25, -0.2) is 8.42 Å². The molecule has 0 radical (unpaired) electrons. The highest BCUT2D eigenvalue weighted by atomic mass is 35.5. The summed E-state index contributed by atoms with van der Waals surface area (Å²) in [7, 11) is -3.73. The van der Waals surface area contributed by atoms with Crippen LogP contribution in [0.5, 0.6) is 0 Å². The third-order valence-electron chi connectivity index (χ3n) is 4.31. The molecule has 1 aliphatic heterocycles. The van der Waals surface area contributed by atoms with Crippen LogP contribution in [0.25, 0.3) is 0 Å². The molecule has 0 aromatic heterocycles. The third-order valence-corrected chi connectivity index (χ3v) is 6.70. The lowest BCUT2D eigenvalue weighted by Gasteiger charge is -2.34. The normalized spacial score (nSPS) is 15.5. The number of halogens is 1. The van der Waals surface area contributed by atoms with Gasteiger partial charge in [0.15, 0.2) is 0 Å². The molecule has 0 aliphatic carbocycles. The van der Waals surface area contributed by atoms with E-state index in [1.165, 1.54) is 45.6 Å². The van der Waals surface area contributed by atoms with Crippen molar-refractivity contribution in [2.75, 3.05) is 26.2 Å². The number of non-ortho nitro benzene ring substituents is 1. The van der Waals surface area contributed by atoms with Crippen molar-refractivity contribution in [1.29, 1.82) is 0 Å². The van der Waals surface area contributed by atoms with Crippen LogP contribution in [0.2, 0.25) is 5.02 Å². The molecule has 2 aromatic rings. The maximum Gasteiger partial charge on any atom is 0.269 e. The molecule has 0 N–H and O–H groups in total. The van der Waals surface area contributed by atoms with E-state index in [0.29, 0.717) is 5.56 Å². The molecule has 10 heteroatoms. The molecule has 1 fully saturated rings. The van der Waals surface area contributed by atoms with Crippen LogP contribution >= 0.6 is 11.6 Å². The van der Waals surface area contributed by atoms with Crippen LogP contribution in [-0.2, 0) is 10.0 Å². The van der Waals surface area contributed by atoms with Crippen LogP contribution in [0.3, 0.4) is 0 Å². The number of nitrogens with zero attached hydrogens (tertiary/aromatic N) is 3. The fourth-order valence-electron chi connectivity index (χ4n) is 2.83. The summed E-state index contributed by atoms with van der Waals surface area (Å²) in [5.41, 5.74) is 0.227. The third kappa shape index (κ3) is 3.95. The summed E-state index contributed by atoms with van der Waals surface area (Å²) in [4.78, 5) is 24.3. The molecule has 3 rings (SSSR count). The van der Waals surface area contributed by atoms with Gasteiger partial charge in [0.2, 0.25) is 10.0 Å². The van der Waals surface area contributed by atoms with Gasteiger partial charge in [0.05, 0.1) is 9.95 Å². The van der Waals surface area contributed by atoms with Gasteiger partial charge in [-0.3, -0.25) is 14.9 Å². The first-order valence-electron chi connectivity index (χ1n) is 8.09. The van der Waals surface area contributed by atoms with Crippen molar-refractivity contribution in [2.45, 2.75) is 4.90 Å². The second-order valence-electron chi connectivity index (χ2n) is 5.93. The van der Waals surface area contributed by atoms with Crippen molar-refractivity contribution in [1.82, 2.24) is 9.21 Å². The van der Waals surface area contributed by atoms with E-state index in [-0.39, 0.29) is 47.7 Å². The molecular formula is C17H16ClN3O5S. The Morgan fingerprint density at radius 2 is 1.59 bits per heavy atom. The summed E-state index contributed by atoms with van der Waals surface area (Å²) in [5.74, 6) is -0.292. The molecule has 0 spiro atoms. The van der Waals surface area contributed by atoms with Crippen LogP contribution < -0.4 is 0 Å². The van der Waals surface area contributed by atoms with E-state index < -0.39 is 14.9 Å². The van der Waals surface area contributed by atoms with Crippen LogP contribution in [0.4, 0.5) is 5.69 Å². The molecule has 0 bridgehead atoms. The Morgan fingerprint density at radius 1 is 1.00 bits per heavy atom. The number of sulfonamides is 1. The second kappa shape index (κ2) is 7.63. The quantitative estimate of drug-likeness (QED) is 0.570. The first-order chi connectivity index (χ1) is 12.8. The lowest BCUT2D eigenvalue weighted by atomic mass is 10.1. The molecule has 2 aromatic carbocycles. The highest BCUT2D eigenvalue weighted by Gasteiger charge is 2.31. The smallest absolute Gasteiger partial charge is 0.269 e. The van der Waals surface area contributed by atoms with Gasteiger partial charge in [-0.1, -0.05) is 23.7 Å². The molecule has 1 aliphatic rings. The number of benzene rings is 2. The minimum Gasteiger partial charge on any atom is -0.336 e. The molecule has 0 atom stereocenters. The molecule has 142 valence electrons. The predicted octanol–water partition coefficient (Wildman–Crippen LogP) is 2.39. The zero-order chi connectivity index (χ0) is 19.6. The second-order valence-corrected chi connectivity index (χ2v) is 8.24. The van der Waals surface area contributed by atoms with E-state index in [2.05, 4.69) is 0 Å². The standard InChI is InChI=1S/C17H16ClN3O5S/c18-15-3-1-2-4-16(15)27(25,26)20-11-9-19(10-12-20)17(22)13-5-7-14(8-6-13)21(23)24/h1-8H,9-12H2. The summed E-state index contributed by atoms with van der Waals surface area (Å²) in [6.07, 6.45) is 0. The van der Waals surface area contributed by atoms with Gasteiger partial charge in [0.25, 0.3) is 11.6 Å². The van der Waals surface area contributed by atoms with Gasteiger partial charge in [-0.15, -0.1) is 0 Å². The minimum atomic E-state index is -3.73. The van der Waals surface area contributed by atoms with Crippen molar-refractivity contribution in [3.8, 4) is 0 Å². The Labute approximate surface area is 161 Å². The fourth-order valence-corrected chi connectivity index (χ4v) is 4.75. The van der Waals surface area contributed by atoms with Gasteiger partial charge in [0, 0.05) is 43.9 Å². The first kappa shape index (κ1) is 19.3. The predicted molar refractivity (Wildman–Crippen MR) is 99.2 cm³/mol. The van der Waals surface area contributed by atoms with Crippen molar-refractivity contribution < 1.29 is 18.1 Å². The van der Waals surface area contributed by atoms with Crippen LogP contribution in [0.1, 0.15) is 10.4 Å². The van der Waals surface area contributed by atoms with E-state index >= 15 is 0 Å². The monoisotopic (exact) mass is 409 g/mol. The molecule has 0 unspecified atom stereocenters. The summed E-state index contributed by atoms with van der Waals surface area (Å²) in [6.45, 7) is 0.734. The Morgan fingerprint density at radius 3 is 2.15 bits per heavy atom.